The lowest BCUT2D eigenvalue weighted by Gasteiger charge is -2.26. The number of urea groups is 1. The van der Waals surface area contributed by atoms with E-state index in [9.17, 15) is 23.6 Å². The van der Waals surface area contributed by atoms with Crippen molar-refractivity contribution in [1.82, 2.24) is 10.2 Å². The number of carbonyl (C=O) groups excluding carboxylic acids is 4. The number of anilines is 1. The summed E-state index contributed by atoms with van der Waals surface area (Å²) >= 11 is 0. The number of hydrogen-bond donors (Lipinski definition) is 2. The number of nitrogens with zero attached hydrogens (tertiary/aromatic N) is 1. The van der Waals surface area contributed by atoms with Crippen molar-refractivity contribution in [2.45, 2.75) is 20.0 Å². The lowest BCUT2D eigenvalue weighted by Crippen LogP contribution is -2.54. The molecule has 0 aromatic heterocycles. The van der Waals surface area contributed by atoms with Crippen LogP contribution in [-0.2, 0) is 27.4 Å². The zero-order valence-electron chi connectivity index (χ0n) is 21.3. The number of methoxy groups -OCH3 is 1. The Morgan fingerprint density at radius 3 is 2.41 bits per heavy atom. The van der Waals surface area contributed by atoms with E-state index in [1.165, 1.54) is 32.2 Å². The highest BCUT2D eigenvalue weighted by atomic mass is 19.1. The van der Waals surface area contributed by atoms with Gasteiger partial charge in [-0.3, -0.25) is 24.6 Å². The van der Waals surface area contributed by atoms with E-state index in [1.807, 2.05) is 0 Å². The Balaban J connectivity index is 1.49. The van der Waals surface area contributed by atoms with Gasteiger partial charge in [0.2, 0.25) is 5.91 Å². The summed E-state index contributed by atoms with van der Waals surface area (Å²) in [4.78, 5) is 50.1. The zero-order chi connectivity index (χ0) is 27.9. The summed E-state index contributed by atoms with van der Waals surface area (Å²) in [5, 5.41) is 4.88. The van der Waals surface area contributed by atoms with Crippen LogP contribution in [-0.4, -0.2) is 42.3 Å². The molecule has 1 aliphatic rings. The van der Waals surface area contributed by atoms with Gasteiger partial charge in [0.15, 0.2) is 0 Å². The average Bonchev–Trinajstić information content (AvgIpc) is 2.91. The fraction of sp³-hybridized carbons (Fsp3) is 0.172. The van der Waals surface area contributed by atoms with Crippen molar-refractivity contribution in [3.63, 3.8) is 0 Å². The summed E-state index contributed by atoms with van der Waals surface area (Å²) in [7, 11) is 1.52. The molecule has 39 heavy (non-hydrogen) atoms. The SMILES string of the molecule is COc1ccc(/C=C2\C(=O)NC(=O)N(CCc3ccc(F)cc3)C2=O)cc1COc1ccc(NC(C)=O)cc1. The molecule has 1 aliphatic heterocycles. The molecule has 0 bridgehead atoms. The lowest BCUT2D eigenvalue weighted by molar-refractivity contribution is -0.130. The molecule has 0 aliphatic carbocycles. The van der Waals surface area contributed by atoms with Crippen molar-refractivity contribution >= 4 is 35.5 Å². The fourth-order valence-electron chi connectivity index (χ4n) is 3.96. The predicted molar refractivity (Wildman–Crippen MR) is 141 cm³/mol. The van der Waals surface area contributed by atoms with E-state index in [-0.39, 0.29) is 30.4 Å². The first-order chi connectivity index (χ1) is 18.7. The number of imide groups is 2. The summed E-state index contributed by atoms with van der Waals surface area (Å²) in [6.45, 7) is 1.57. The second-order valence-electron chi connectivity index (χ2n) is 8.72. The molecule has 10 heteroatoms. The molecular formula is C29H26FN3O6. The van der Waals surface area contributed by atoms with Crippen LogP contribution in [0.1, 0.15) is 23.6 Å². The summed E-state index contributed by atoms with van der Waals surface area (Å²) in [5.74, 6) is -0.973. The van der Waals surface area contributed by atoms with Crippen molar-refractivity contribution in [1.29, 1.82) is 0 Å². The van der Waals surface area contributed by atoms with Crippen LogP contribution in [0.4, 0.5) is 14.9 Å². The first-order valence-corrected chi connectivity index (χ1v) is 12.0. The van der Waals surface area contributed by atoms with Crippen molar-refractivity contribution in [3.05, 3.63) is 94.8 Å². The molecule has 3 aromatic rings. The van der Waals surface area contributed by atoms with Gasteiger partial charge in [-0.15, -0.1) is 0 Å². The van der Waals surface area contributed by atoms with Crippen LogP contribution >= 0.6 is 0 Å². The minimum absolute atomic E-state index is 0.0172. The second kappa shape index (κ2) is 12.0. The molecule has 9 nitrogen and oxygen atoms in total. The van der Waals surface area contributed by atoms with Crippen molar-refractivity contribution in [2.75, 3.05) is 19.0 Å². The second-order valence-corrected chi connectivity index (χ2v) is 8.72. The molecule has 0 spiro atoms. The summed E-state index contributed by atoms with van der Waals surface area (Å²) in [6.07, 6.45) is 1.71. The van der Waals surface area contributed by atoms with Gasteiger partial charge in [-0.2, -0.15) is 0 Å². The van der Waals surface area contributed by atoms with Crippen LogP contribution in [0.2, 0.25) is 0 Å². The standard InChI is InChI=1S/C29H26FN3O6/c1-18(34)31-23-8-10-24(11-9-23)39-17-21-15-20(5-12-26(21)38-2)16-25-27(35)32-29(37)33(28(25)36)14-13-19-3-6-22(30)7-4-19/h3-12,15-16H,13-14,17H2,1-2H3,(H,31,34)(H,32,35,37)/b25-16+. The van der Waals surface area contributed by atoms with Gasteiger partial charge in [-0.25, -0.2) is 9.18 Å². The molecule has 2 N–H and O–H groups in total. The highest BCUT2D eigenvalue weighted by Crippen LogP contribution is 2.25. The molecule has 4 rings (SSSR count). The molecule has 3 aromatic carbocycles. The van der Waals surface area contributed by atoms with Crippen LogP contribution in [0.15, 0.2) is 72.3 Å². The number of halogens is 1. The van der Waals surface area contributed by atoms with Gasteiger partial charge < -0.3 is 14.8 Å². The van der Waals surface area contributed by atoms with Crippen LogP contribution in [0.25, 0.3) is 6.08 Å². The number of rotatable bonds is 9. The van der Waals surface area contributed by atoms with Crippen LogP contribution in [0.3, 0.4) is 0 Å². The Kier molecular flexibility index (Phi) is 8.35. The van der Waals surface area contributed by atoms with Gasteiger partial charge in [-0.05, 0) is 72.2 Å². The number of carbonyl (C=O) groups is 4. The fourth-order valence-corrected chi connectivity index (χ4v) is 3.96. The smallest absolute Gasteiger partial charge is 0.331 e. The highest BCUT2D eigenvalue weighted by molar-refractivity contribution is 6.31. The zero-order valence-corrected chi connectivity index (χ0v) is 21.3. The molecule has 1 fully saturated rings. The van der Waals surface area contributed by atoms with Crippen LogP contribution in [0.5, 0.6) is 11.5 Å². The van der Waals surface area contributed by atoms with E-state index in [0.29, 0.717) is 34.7 Å². The number of ether oxygens (including phenoxy) is 2. The molecule has 5 amide bonds. The molecule has 0 atom stereocenters. The van der Waals surface area contributed by atoms with Gasteiger partial charge >= 0.3 is 6.03 Å². The minimum Gasteiger partial charge on any atom is -0.496 e. The monoisotopic (exact) mass is 531 g/mol. The number of barbiturate groups is 1. The van der Waals surface area contributed by atoms with E-state index in [4.69, 9.17) is 9.47 Å². The normalized spacial score (nSPS) is 14.3. The van der Waals surface area contributed by atoms with Gasteiger partial charge in [0.25, 0.3) is 11.8 Å². The number of nitrogens with one attached hydrogen (secondary N) is 2. The van der Waals surface area contributed by atoms with Gasteiger partial charge in [0.1, 0.15) is 29.5 Å². The number of benzene rings is 3. The Morgan fingerprint density at radius 1 is 1.03 bits per heavy atom. The van der Waals surface area contributed by atoms with Gasteiger partial charge in [0.05, 0.1) is 7.11 Å². The maximum absolute atomic E-state index is 13.2. The largest absolute Gasteiger partial charge is 0.496 e. The van der Waals surface area contributed by atoms with E-state index < -0.39 is 17.8 Å². The maximum Gasteiger partial charge on any atom is 0.331 e. The van der Waals surface area contributed by atoms with E-state index >= 15 is 0 Å². The summed E-state index contributed by atoms with van der Waals surface area (Å²) < 4.78 is 24.5. The van der Waals surface area contributed by atoms with Crippen molar-refractivity contribution in [2.24, 2.45) is 0 Å². The molecule has 1 saturated heterocycles. The first kappa shape index (κ1) is 27.1. The summed E-state index contributed by atoms with van der Waals surface area (Å²) in [5.41, 5.74) is 2.37. The van der Waals surface area contributed by atoms with Gasteiger partial charge in [0, 0.05) is 24.7 Å². The molecule has 0 unspecified atom stereocenters. The molecule has 0 saturated carbocycles. The molecule has 200 valence electrons. The minimum atomic E-state index is -0.808. The summed E-state index contributed by atoms with van der Waals surface area (Å²) in [6, 6.07) is 16.9. The predicted octanol–water partition coefficient (Wildman–Crippen LogP) is 4.08. The van der Waals surface area contributed by atoms with Crippen molar-refractivity contribution < 1.29 is 33.0 Å². The maximum atomic E-state index is 13.2. The molecular weight excluding hydrogens is 505 g/mol. The van der Waals surface area contributed by atoms with Gasteiger partial charge in [-0.1, -0.05) is 18.2 Å². The third-order valence-corrected chi connectivity index (χ3v) is 5.91. The molecule has 0 radical (unpaired) electrons. The lowest BCUT2D eigenvalue weighted by atomic mass is 10.0. The third-order valence-electron chi connectivity index (χ3n) is 5.91. The number of hydrogen-bond acceptors (Lipinski definition) is 6. The Bertz CT molecular complexity index is 1430. The van der Waals surface area contributed by atoms with E-state index in [1.54, 1.807) is 54.6 Å². The van der Waals surface area contributed by atoms with E-state index in [0.717, 1.165) is 10.5 Å². The molecule has 1 heterocycles. The third kappa shape index (κ3) is 6.86. The van der Waals surface area contributed by atoms with Crippen molar-refractivity contribution in [3.8, 4) is 11.5 Å². The topological polar surface area (TPSA) is 114 Å². The van der Waals surface area contributed by atoms with Crippen LogP contribution in [0, 0.1) is 5.82 Å². The first-order valence-electron chi connectivity index (χ1n) is 12.0. The average molecular weight is 532 g/mol. The van der Waals surface area contributed by atoms with Crippen LogP contribution < -0.4 is 20.1 Å². The Labute approximate surface area is 224 Å². The number of amides is 5. The Hall–Kier alpha value is -4.99. The quantitative estimate of drug-likeness (QED) is 0.318. The van der Waals surface area contributed by atoms with E-state index in [2.05, 4.69) is 10.6 Å². The Morgan fingerprint density at radius 2 is 1.74 bits per heavy atom. The highest BCUT2D eigenvalue weighted by Gasteiger charge is 2.35.